The van der Waals surface area contributed by atoms with Crippen molar-refractivity contribution in [1.29, 1.82) is 0 Å². The van der Waals surface area contributed by atoms with Crippen molar-refractivity contribution in [3.8, 4) is 11.5 Å². The van der Waals surface area contributed by atoms with Crippen molar-refractivity contribution in [3.63, 3.8) is 0 Å². The van der Waals surface area contributed by atoms with Gasteiger partial charge in [0, 0.05) is 5.56 Å². The standard InChI is InChI=1S/C18H13F2NO4/c1-23-15-6-3-10(8-16(15)24-2)7-14-18(22)25-17(21-14)11-4-5-12(19)13(20)9-11/h3-9H,1-2H3/b14-7+. The Kier molecular flexibility index (Phi) is 4.47. The first-order chi connectivity index (χ1) is 12.0. The zero-order valence-corrected chi connectivity index (χ0v) is 13.4. The number of ether oxygens (including phenoxy) is 3. The minimum Gasteiger partial charge on any atom is -0.493 e. The maximum atomic E-state index is 13.3. The van der Waals surface area contributed by atoms with E-state index in [4.69, 9.17) is 14.2 Å². The summed E-state index contributed by atoms with van der Waals surface area (Å²) < 4.78 is 41.7. The number of carbonyl (C=O) groups is 1. The van der Waals surface area contributed by atoms with Crippen molar-refractivity contribution in [2.24, 2.45) is 4.99 Å². The van der Waals surface area contributed by atoms with Crippen LogP contribution >= 0.6 is 0 Å². The van der Waals surface area contributed by atoms with Crippen LogP contribution in [-0.4, -0.2) is 26.1 Å². The molecule has 1 aliphatic rings. The molecule has 0 saturated heterocycles. The molecular weight excluding hydrogens is 332 g/mol. The average Bonchev–Trinajstić information content (AvgIpc) is 2.97. The van der Waals surface area contributed by atoms with E-state index in [1.165, 1.54) is 26.4 Å². The minimum absolute atomic E-state index is 0.0342. The highest BCUT2D eigenvalue weighted by molar-refractivity contribution is 6.12. The normalized spacial score (nSPS) is 15.1. The third kappa shape index (κ3) is 3.35. The highest BCUT2D eigenvalue weighted by Gasteiger charge is 2.25. The molecule has 2 aromatic carbocycles. The van der Waals surface area contributed by atoms with Crippen molar-refractivity contribution < 1.29 is 27.8 Å². The number of esters is 1. The van der Waals surface area contributed by atoms with Gasteiger partial charge in [-0.05, 0) is 42.0 Å². The lowest BCUT2D eigenvalue weighted by Crippen LogP contribution is -2.06. The molecule has 5 nitrogen and oxygen atoms in total. The second-order valence-electron chi connectivity index (χ2n) is 5.08. The van der Waals surface area contributed by atoms with Crippen LogP contribution < -0.4 is 9.47 Å². The van der Waals surface area contributed by atoms with Crippen molar-refractivity contribution in [1.82, 2.24) is 0 Å². The third-order valence-electron chi connectivity index (χ3n) is 3.50. The number of cyclic esters (lactones) is 1. The van der Waals surface area contributed by atoms with E-state index in [-0.39, 0.29) is 17.2 Å². The van der Waals surface area contributed by atoms with E-state index < -0.39 is 17.6 Å². The first-order valence-electron chi connectivity index (χ1n) is 7.22. The predicted octanol–water partition coefficient (Wildman–Crippen LogP) is 3.33. The van der Waals surface area contributed by atoms with Gasteiger partial charge in [0.2, 0.25) is 5.90 Å². The van der Waals surface area contributed by atoms with Crippen molar-refractivity contribution in [2.75, 3.05) is 14.2 Å². The van der Waals surface area contributed by atoms with E-state index in [9.17, 15) is 13.6 Å². The van der Waals surface area contributed by atoms with Gasteiger partial charge in [-0.2, -0.15) is 0 Å². The van der Waals surface area contributed by atoms with Crippen molar-refractivity contribution in [2.45, 2.75) is 0 Å². The Morgan fingerprint density at radius 2 is 1.76 bits per heavy atom. The molecule has 0 amide bonds. The Morgan fingerprint density at radius 3 is 2.44 bits per heavy atom. The number of aliphatic imine (C=N–C) groups is 1. The summed E-state index contributed by atoms with van der Waals surface area (Å²) in [4.78, 5) is 16.0. The van der Waals surface area contributed by atoms with Gasteiger partial charge in [-0.25, -0.2) is 18.6 Å². The lowest BCUT2D eigenvalue weighted by molar-refractivity contribution is -0.129. The van der Waals surface area contributed by atoms with Gasteiger partial charge in [-0.15, -0.1) is 0 Å². The molecule has 128 valence electrons. The molecule has 7 heteroatoms. The molecule has 2 aromatic rings. The molecule has 0 radical (unpaired) electrons. The first kappa shape index (κ1) is 16.6. The fraction of sp³-hybridized carbons (Fsp3) is 0.111. The molecule has 0 fully saturated rings. The van der Waals surface area contributed by atoms with Gasteiger partial charge in [0.25, 0.3) is 0 Å². The van der Waals surface area contributed by atoms with Crippen molar-refractivity contribution in [3.05, 3.63) is 64.9 Å². The molecule has 0 spiro atoms. The molecule has 0 atom stereocenters. The summed E-state index contributed by atoms with van der Waals surface area (Å²) in [6, 6.07) is 8.21. The number of rotatable bonds is 4. The van der Waals surface area contributed by atoms with E-state index in [0.29, 0.717) is 17.1 Å². The van der Waals surface area contributed by atoms with Crippen LogP contribution in [0, 0.1) is 11.6 Å². The summed E-state index contributed by atoms with van der Waals surface area (Å²) in [5.74, 6) is -1.77. The summed E-state index contributed by atoms with van der Waals surface area (Å²) in [6.45, 7) is 0. The Hall–Kier alpha value is -3.22. The molecule has 0 saturated carbocycles. The van der Waals surface area contributed by atoms with Gasteiger partial charge in [0.1, 0.15) is 0 Å². The minimum atomic E-state index is -1.05. The molecule has 1 heterocycles. The van der Waals surface area contributed by atoms with Gasteiger partial charge in [-0.1, -0.05) is 6.07 Å². The third-order valence-corrected chi connectivity index (χ3v) is 3.50. The number of hydrogen-bond donors (Lipinski definition) is 0. The Morgan fingerprint density at radius 1 is 1.00 bits per heavy atom. The van der Waals surface area contributed by atoms with Crippen LogP contribution in [0.1, 0.15) is 11.1 Å². The Balaban J connectivity index is 1.94. The second kappa shape index (κ2) is 6.72. The van der Waals surface area contributed by atoms with Crippen LogP contribution in [0.5, 0.6) is 11.5 Å². The number of hydrogen-bond acceptors (Lipinski definition) is 5. The Labute approximate surface area is 142 Å². The second-order valence-corrected chi connectivity index (χ2v) is 5.08. The molecule has 0 bridgehead atoms. The van der Waals surface area contributed by atoms with Crippen molar-refractivity contribution >= 4 is 17.9 Å². The zero-order valence-electron chi connectivity index (χ0n) is 13.4. The van der Waals surface area contributed by atoms with E-state index >= 15 is 0 Å². The largest absolute Gasteiger partial charge is 0.493 e. The van der Waals surface area contributed by atoms with Crippen LogP contribution in [0.25, 0.3) is 6.08 Å². The highest BCUT2D eigenvalue weighted by atomic mass is 19.2. The Bertz CT molecular complexity index is 906. The maximum absolute atomic E-state index is 13.3. The van der Waals surface area contributed by atoms with Crippen LogP contribution in [0.15, 0.2) is 47.1 Å². The van der Waals surface area contributed by atoms with Crippen LogP contribution in [0.3, 0.4) is 0 Å². The fourth-order valence-electron chi connectivity index (χ4n) is 2.26. The summed E-state index contributed by atoms with van der Waals surface area (Å²) in [6.07, 6.45) is 1.50. The first-order valence-corrected chi connectivity index (χ1v) is 7.22. The summed E-state index contributed by atoms with van der Waals surface area (Å²) >= 11 is 0. The zero-order chi connectivity index (χ0) is 18.0. The summed E-state index contributed by atoms with van der Waals surface area (Å²) in [5, 5.41) is 0. The number of benzene rings is 2. The van der Waals surface area contributed by atoms with Gasteiger partial charge < -0.3 is 14.2 Å². The number of methoxy groups -OCH3 is 2. The molecule has 0 unspecified atom stereocenters. The lowest BCUT2D eigenvalue weighted by atomic mass is 10.1. The van der Waals surface area contributed by atoms with E-state index in [1.807, 2.05) is 0 Å². The molecule has 0 aromatic heterocycles. The van der Waals surface area contributed by atoms with Gasteiger partial charge in [0.15, 0.2) is 28.8 Å². The molecule has 1 aliphatic heterocycles. The van der Waals surface area contributed by atoms with Crippen LogP contribution in [0.2, 0.25) is 0 Å². The molecule has 0 N–H and O–H groups in total. The maximum Gasteiger partial charge on any atom is 0.363 e. The smallest absolute Gasteiger partial charge is 0.363 e. The summed E-state index contributed by atoms with van der Waals surface area (Å²) in [7, 11) is 3.01. The van der Waals surface area contributed by atoms with E-state index in [1.54, 1.807) is 18.2 Å². The molecule has 25 heavy (non-hydrogen) atoms. The van der Waals surface area contributed by atoms with Gasteiger partial charge in [0.05, 0.1) is 14.2 Å². The SMILES string of the molecule is COc1ccc(/C=C2/N=C(c3ccc(F)c(F)c3)OC2=O)cc1OC. The predicted molar refractivity (Wildman–Crippen MR) is 86.5 cm³/mol. The number of halogens is 2. The quantitative estimate of drug-likeness (QED) is 0.630. The lowest BCUT2D eigenvalue weighted by Gasteiger charge is -2.07. The van der Waals surface area contributed by atoms with Gasteiger partial charge in [-0.3, -0.25) is 0 Å². The molecule has 0 aliphatic carbocycles. The molecule has 3 rings (SSSR count). The van der Waals surface area contributed by atoms with Gasteiger partial charge >= 0.3 is 5.97 Å². The topological polar surface area (TPSA) is 57.1 Å². The van der Waals surface area contributed by atoms with Crippen LogP contribution in [0.4, 0.5) is 8.78 Å². The van der Waals surface area contributed by atoms with E-state index in [2.05, 4.69) is 4.99 Å². The molecular formula is C18H13F2NO4. The summed E-state index contributed by atoms with van der Waals surface area (Å²) in [5.41, 5.74) is 0.842. The average molecular weight is 345 g/mol. The monoisotopic (exact) mass is 345 g/mol. The van der Waals surface area contributed by atoms with E-state index in [0.717, 1.165) is 12.1 Å². The highest BCUT2D eigenvalue weighted by Crippen LogP contribution is 2.29. The number of carbonyl (C=O) groups excluding carboxylic acids is 1. The number of nitrogens with zero attached hydrogens (tertiary/aromatic N) is 1. The van der Waals surface area contributed by atoms with Crippen LogP contribution in [-0.2, 0) is 9.53 Å². The fourth-order valence-corrected chi connectivity index (χ4v) is 2.26.